The van der Waals surface area contributed by atoms with Gasteiger partial charge in [-0.25, -0.2) is 9.78 Å². The Morgan fingerprint density at radius 1 is 1.29 bits per heavy atom. The van der Waals surface area contributed by atoms with Gasteiger partial charge in [-0.1, -0.05) is 39.0 Å². The second kappa shape index (κ2) is 9.01. The Balaban J connectivity index is 1.63. The minimum atomic E-state index is -0.249. The number of hydrogen-bond acceptors (Lipinski definition) is 4. The molecule has 0 atom stereocenters. The highest BCUT2D eigenvalue weighted by Gasteiger charge is 2.14. The zero-order valence-corrected chi connectivity index (χ0v) is 17.6. The van der Waals surface area contributed by atoms with E-state index in [0.29, 0.717) is 11.6 Å². The Morgan fingerprint density at radius 2 is 2.11 bits per heavy atom. The number of aryl methyl sites for hydroxylation is 4. The summed E-state index contributed by atoms with van der Waals surface area (Å²) in [5, 5.41) is 10.3. The number of urea groups is 1. The fraction of sp³-hybridized carbons (Fsp3) is 0.381. The molecule has 3 rings (SSSR count). The summed E-state index contributed by atoms with van der Waals surface area (Å²) in [5.74, 6) is 0.333. The third-order valence-electron chi connectivity index (χ3n) is 4.73. The van der Waals surface area contributed by atoms with E-state index in [4.69, 9.17) is 0 Å². The molecule has 6 nitrogen and oxygen atoms in total. The van der Waals surface area contributed by atoms with E-state index in [0.717, 1.165) is 41.9 Å². The third-order valence-corrected chi connectivity index (χ3v) is 5.72. The smallest absolute Gasteiger partial charge is 0.307 e. The molecule has 2 amide bonds. The standard InChI is InChI=1S/C21H27N5OS/c1-5-16-7-6-8-18(14(2)3)20(16)25-21(27)24-17-11-23-26(12-17)10-9-19-15(4)22-13-28-19/h6-8,11-14H,5,9-10H2,1-4H3,(H2,24,25,27). The first-order chi connectivity index (χ1) is 13.5. The Hall–Kier alpha value is -2.67. The Labute approximate surface area is 170 Å². The van der Waals surface area contributed by atoms with Crippen molar-refractivity contribution in [2.45, 2.75) is 53.0 Å². The molecule has 0 saturated heterocycles. The molecule has 0 radical (unpaired) electrons. The van der Waals surface area contributed by atoms with Gasteiger partial charge in [-0.3, -0.25) is 4.68 Å². The van der Waals surface area contributed by atoms with Gasteiger partial charge >= 0.3 is 6.03 Å². The normalized spacial score (nSPS) is 11.0. The predicted molar refractivity (Wildman–Crippen MR) is 115 cm³/mol. The summed E-state index contributed by atoms with van der Waals surface area (Å²) in [5.41, 5.74) is 6.81. The molecule has 2 aromatic heterocycles. The number of anilines is 2. The highest BCUT2D eigenvalue weighted by Crippen LogP contribution is 2.28. The van der Waals surface area contributed by atoms with Crippen molar-refractivity contribution in [1.82, 2.24) is 14.8 Å². The third kappa shape index (κ3) is 4.78. The minimum Gasteiger partial charge on any atom is -0.307 e. The van der Waals surface area contributed by atoms with Gasteiger partial charge in [0.25, 0.3) is 0 Å². The summed E-state index contributed by atoms with van der Waals surface area (Å²) in [6.07, 6.45) is 5.27. The first-order valence-electron chi connectivity index (χ1n) is 9.59. The Kier molecular flexibility index (Phi) is 6.46. The van der Waals surface area contributed by atoms with Crippen LogP contribution in [-0.4, -0.2) is 20.8 Å². The molecule has 7 heteroatoms. The molecular formula is C21H27N5OS. The van der Waals surface area contributed by atoms with Crippen molar-refractivity contribution < 1.29 is 4.79 Å². The van der Waals surface area contributed by atoms with Crippen molar-refractivity contribution in [3.8, 4) is 0 Å². The maximum absolute atomic E-state index is 12.6. The van der Waals surface area contributed by atoms with Gasteiger partial charge in [-0.05, 0) is 30.4 Å². The number of carbonyl (C=O) groups excluding carboxylic acids is 1. The molecule has 28 heavy (non-hydrogen) atoms. The lowest BCUT2D eigenvalue weighted by atomic mass is 9.96. The maximum Gasteiger partial charge on any atom is 0.323 e. The van der Waals surface area contributed by atoms with Gasteiger partial charge in [0.15, 0.2) is 0 Å². The number of aromatic nitrogens is 3. The number of nitrogens with zero attached hydrogens (tertiary/aromatic N) is 3. The SMILES string of the molecule is CCc1cccc(C(C)C)c1NC(=O)Nc1cnn(CCc2scnc2C)c1. The van der Waals surface area contributed by atoms with E-state index in [9.17, 15) is 4.79 Å². The van der Waals surface area contributed by atoms with Gasteiger partial charge in [0.2, 0.25) is 0 Å². The summed E-state index contributed by atoms with van der Waals surface area (Å²) in [7, 11) is 0. The lowest BCUT2D eigenvalue weighted by molar-refractivity contribution is 0.262. The molecule has 1 aromatic carbocycles. The van der Waals surface area contributed by atoms with Crippen molar-refractivity contribution in [3.05, 3.63) is 57.8 Å². The number of rotatable bonds is 7. The zero-order valence-electron chi connectivity index (χ0n) is 16.8. The van der Waals surface area contributed by atoms with E-state index in [1.54, 1.807) is 17.5 Å². The van der Waals surface area contributed by atoms with E-state index < -0.39 is 0 Å². The molecule has 0 saturated carbocycles. The van der Waals surface area contributed by atoms with Crippen LogP contribution in [0.5, 0.6) is 0 Å². The highest BCUT2D eigenvalue weighted by molar-refractivity contribution is 7.09. The van der Waals surface area contributed by atoms with Crippen molar-refractivity contribution in [2.75, 3.05) is 10.6 Å². The Morgan fingerprint density at radius 3 is 2.79 bits per heavy atom. The van der Waals surface area contributed by atoms with Crippen LogP contribution in [0.15, 0.2) is 36.1 Å². The quantitative estimate of drug-likeness (QED) is 0.574. The van der Waals surface area contributed by atoms with Crippen molar-refractivity contribution >= 4 is 28.7 Å². The second-order valence-corrected chi connectivity index (χ2v) is 8.01. The van der Waals surface area contributed by atoms with Crippen LogP contribution in [0, 0.1) is 6.92 Å². The van der Waals surface area contributed by atoms with Crippen LogP contribution in [0.2, 0.25) is 0 Å². The summed E-state index contributed by atoms with van der Waals surface area (Å²) >= 11 is 1.66. The topological polar surface area (TPSA) is 71.8 Å². The van der Waals surface area contributed by atoms with Crippen LogP contribution in [0.4, 0.5) is 16.2 Å². The summed E-state index contributed by atoms with van der Waals surface area (Å²) in [6, 6.07) is 5.92. The van der Waals surface area contributed by atoms with E-state index in [2.05, 4.69) is 53.6 Å². The van der Waals surface area contributed by atoms with Gasteiger partial charge in [-0.2, -0.15) is 5.10 Å². The molecule has 0 bridgehead atoms. The molecule has 2 heterocycles. The number of nitrogens with one attached hydrogen (secondary N) is 2. The molecule has 148 valence electrons. The van der Waals surface area contributed by atoms with Gasteiger partial charge in [0.05, 0.1) is 23.1 Å². The minimum absolute atomic E-state index is 0.249. The first kappa shape index (κ1) is 20.1. The van der Waals surface area contributed by atoms with E-state index in [-0.39, 0.29) is 6.03 Å². The molecule has 0 unspecified atom stereocenters. The fourth-order valence-corrected chi connectivity index (χ4v) is 3.93. The van der Waals surface area contributed by atoms with E-state index >= 15 is 0 Å². The van der Waals surface area contributed by atoms with Crippen LogP contribution < -0.4 is 10.6 Å². The van der Waals surface area contributed by atoms with Crippen LogP contribution in [0.25, 0.3) is 0 Å². The van der Waals surface area contributed by atoms with Crippen LogP contribution >= 0.6 is 11.3 Å². The summed E-state index contributed by atoms with van der Waals surface area (Å²) in [4.78, 5) is 18.1. The average Bonchev–Trinajstić information content (AvgIpc) is 3.28. The van der Waals surface area contributed by atoms with Gasteiger partial charge < -0.3 is 10.6 Å². The second-order valence-electron chi connectivity index (χ2n) is 7.07. The van der Waals surface area contributed by atoms with E-state index in [1.165, 1.54) is 4.88 Å². The zero-order chi connectivity index (χ0) is 20.1. The monoisotopic (exact) mass is 397 g/mol. The highest BCUT2D eigenvalue weighted by atomic mass is 32.1. The van der Waals surface area contributed by atoms with Crippen LogP contribution in [0.1, 0.15) is 48.4 Å². The molecule has 0 aliphatic heterocycles. The molecule has 0 aliphatic carbocycles. The van der Waals surface area contributed by atoms with Crippen molar-refractivity contribution in [1.29, 1.82) is 0 Å². The maximum atomic E-state index is 12.6. The number of para-hydroxylation sites is 1. The number of benzene rings is 1. The summed E-state index contributed by atoms with van der Waals surface area (Å²) in [6.45, 7) is 9.13. The van der Waals surface area contributed by atoms with Gasteiger partial charge in [0.1, 0.15) is 0 Å². The Bertz CT molecular complexity index is 944. The molecule has 2 N–H and O–H groups in total. The first-order valence-corrected chi connectivity index (χ1v) is 10.5. The molecule has 0 aliphatic rings. The largest absolute Gasteiger partial charge is 0.323 e. The lowest BCUT2D eigenvalue weighted by Crippen LogP contribution is -2.21. The van der Waals surface area contributed by atoms with Crippen LogP contribution in [0.3, 0.4) is 0 Å². The number of amides is 2. The molecular weight excluding hydrogens is 370 g/mol. The predicted octanol–water partition coefficient (Wildman–Crippen LogP) is 5.22. The summed E-state index contributed by atoms with van der Waals surface area (Å²) < 4.78 is 1.84. The van der Waals surface area contributed by atoms with Crippen LogP contribution in [-0.2, 0) is 19.4 Å². The van der Waals surface area contributed by atoms with Gasteiger partial charge in [-0.15, -0.1) is 11.3 Å². The van der Waals surface area contributed by atoms with Crippen molar-refractivity contribution in [2.24, 2.45) is 0 Å². The fourth-order valence-electron chi connectivity index (χ4n) is 3.16. The van der Waals surface area contributed by atoms with Crippen molar-refractivity contribution in [3.63, 3.8) is 0 Å². The number of thiazole rings is 1. The number of carbonyl (C=O) groups is 1. The molecule has 0 spiro atoms. The molecule has 3 aromatic rings. The number of hydrogen-bond donors (Lipinski definition) is 2. The molecule has 0 fully saturated rings. The lowest BCUT2D eigenvalue weighted by Gasteiger charge is -2.17. The van der Waals surface area contributed by atoms with Gasteiger partial charge in [0, 0.05) is 29.7 Å². The average molecular weight is 398 g/mol. The van der Waals surface area contributed by atoms with E-state index in [1.807, 2.05) is 29.4 Å².